The Morgan fingerprint density at radius 2 is 2.06 bits per heavy atom. The van der Waals surface area contributed by atoms with Gasteiger partial charge in [-0.15, -0.1) is 0 Å². The molecule has 5 heteroatoms. The van der Waals surface area contributed by atoms with Crippen LogP contribution in [0, 0.1) is 5.92 Å². The van der Waals surface area contributed by atoms with E-state index >= 15 is 0 Å². The molecule has 0 saturated carbocycles. The van der Waals surface area contributed by atoms with Crippen molar-refractivity contribution in [2.24, 2.45) is 5.92 Å². The summed E-state index contributed by atoms with van der Waals surface area (Å²) in [6, 6.07) is 0. The van der Waals surface area contributed by atoms with Gasteiger partial charge in [-0.05, 0) is 19.8 Å². The highest BCUT2D eigenvalue weighted by atomic mass is 16.3. The number of aliphatic hydroxyl groups is 1. The van der Waals surface area contributed by atoms with Crippen molar-refractivity contribution in [3.8, 4) is 0 Å². The van der Waals surface area contributed by atoms with Crippen LogP contribution in [0.5, 0.6) is 0 Å². The Labute approximate surface area is 104 Å². The SMILES string of the molecule is CC(CO)CNC(=O)C(C)(C)N1CCNCC1. The van der Waals surface area contributed by atoms with Gasteiger partial charge in [-0.1, -0.05) is 6.92 Å². The fourth-order valence-corrected chi connectivity index (χ4v) is 1.92. The molecule has 1 amide bonds. The van der Waals surface area contributed by atoms with Crippen LogP contribution in [0.2, 0.25) is 0 Å². The average Bonchev–Trinajstić information content (AvgIpc) is 2.36. The highest BCUT2D eigenvalue weighted by Crippen LogP contribution is 2.15. The minimum absolute atomic E-state index is 0.0414. The molecule has 1 aliphatic heterocycles. The van der Waals surface area contributed by atoms with Gasteiger partial charge >= 0.3 is 0 Å². The van der Waals surface area contributed by atoms with E-state index in [-0.39, 0.29) is 18.4 Å². The van der Waals surface area contributed by atoms with Gasteiger partial charge in [0.15, 0.2) is 0 Å². The Balaban J connectivity index is 2.47. The molecule has 17 heavy (non-hydrogen) atoms. The standard InChI is InChI=1S/C12H25N3O2/c1-10(9-16)8-14-11(17)12(2,3)15-6-4-13-5-7-15/h10,13,16H,4-9H2,1-3H3,(H,14,17). The Bertz CT molecular complexity index is 250. The third kappa shape index (κ3) is 3.94. The largest absolute Gasteiger partial charge is 0.396 e. The normalized spacial score (nSPS) is 20.0. The van der Waals surface area contributed by atoms with E-state index in [9.17, 15) is 4.79 Å². The van der Waals surface area contributed by atoms with Gasteiger partial charge < -0.3 is 15.7 Å². The molecule has 5 nitrogen and oxygen atoms in total. The zero-order valence-corrected chi connectivity index (χ0v) is 11.1. The number of hydrogen-bond acceptors (Lipinski definition) is 4. The third-order valence-electron chi connectivity index (χ3n) is 3.39. The van der Waals surface area contributed by atoms with Crippen molar-refractivity contribution < 1.29 is 9.90 Å². The van der Waals surface area contributed by atoms with Crippen LogP contribution >= 0.6 is 0 Å². The van der Waals surface area contributed by atoms with Crippen LogP contribution in [-0.2, 0) is 4.79 Å². The molecule has 0 aromatic carbocycles. The van der Waals surface area contributed by atoms with E-state index in [2.05, 4.69) is 15.5 Å². The van der Waals surface area contributed by atoms with Gasteiger partial charge in [-0.3, -0.25) is 9.69 Å². The summed E-state index contributed by atoms with van der Waals surface area (Å²) >= 11 is 0. The van der Waals surface area contributed by atoms with E-state index < -0.39 is 5.54 Å². The van der Waals surface area contributed by atoms with Crippen LogP contribution in [0.15, 0.2) is 0 Å². The molecule has 1 atom stereocenters. The molecule has 0 spiro atoms. The van der Waals surface area contributed by atoms with Gasteiger partial charge in [0.1, 0.15) is 0 Å². The molecule has 0 aromatic rings. The second kappa shape index (κ2) is 6.33. The van der Waals surface area contributed by atoms with Crippen LogP contribution in [-0.4, -0.2) is 60.8 Å². The fourth-order valence-electron chi connectivity index (χ4n) is 1.92. The lowest BCUT2D eigenvalue weighted by Crippen LogP contribution is -2.60. The maximum atomic E-state index is 12.1. The van der Waals surface area contributed by atoms with E-state index in [1.54, 1.807) is 0 Å². The third-order valence-corrected chi connectivity index (χ3v) is 3.39. The van der Waals surface area contributed by atoms with E-state index in [4.69, 9.17) is 5.11 Å². The Morgan fingerprint density at radius 3 is 2.59 bits per heavy atom. The van der Waals surface area contributed by atoms with E-state index in [1.165, 1.54) is 0 Å². The summed E-state index contributed by atoms with van der Waals surface area (Å²) in [5.74, 6) is 0.150. The fraction of sp³-hybridized carbons (Fsp3) is 0.917. The highest BCUT2D eigenvalue weighted by Gasteiger charge is 2.34. The monoisotopic (exact) mass is 243 g/mol. The first-order chi connectivity index (χ1) is 7.98. The van der Waals surface area contributed by atoms with Crippen molar-refractivity contribution in [1.29, 1.82) is 0 Å². The predicted octanol–water partition coefficient (Wildman–Crippen LogP) is -0.585. The van der Waals surface area contributed by atoms with Crippen molar-refractivity contribution in [3.63, 3.8) is 0 Å². The highest BCUT2D eigenvalue weighted by molar-refractivity contribution is 5.85. The maximum Gasteiger partial charge on any atom is 0.239 e. The number of nitrogens with one attached hydrogen (secondary N) is 2. The molecule has 0 aliphatic carbocycles. The molecular weight excluding hydrogens is 218 g/mol. The molecule has 1 rings (SSSR count). The quantitative estimate of drug-likeness (QED) is 0.604. The van der Waals surface area contributed by atoms with Gasteiger partial charge in [0.25, 0.3) is 0 Å². The van der Waals surface area contributed by atoms with E-state index in [0.29, 0.717) is 6.54 Å². The van der Waals surface area contributed by atoms with E-state index in [0.717, 1.165) is 26.2 Å². The summed E-state index contributed by atoms with van der Waals surface area (Å²) in [5.41, 5.74) is -0.475. The second-order valence-corrected chi connectivity index (χ2v) is 5.29. The van der Waals surface area contributed by atoms with Crippen molar-refractivity contribution >= 4 is 5.91 Å². The van der Waals surface area contributed by atoms with Crippen LogP contribution in [0.3, 0.4) is 0 Å². The number of rotatable bonds is 5. The molecule has 1 heterocycles. The van der Waals surface area contributed by atoms with E-state index in [1.807, 2.05) is 20.8 Å². The Hall–Kier alpha value is -0.650. The average molecular weight is 243 g/mol. The van der Waals surface area contributed by atoms with Gasteiger partial charge in [-0.25, -0.2) is 0 Å². The van der Waals surface area contributed by atoms with Crippen molar-refractivity contribution in [1.82, 2.24) is 15.5 Å². The molecule has 100 valence electrons. The maximum absolute atomic E-state index is 12.1. The molecule has 1 saturated heterocycles. The number of piperazine rings is 1. The smallest absolute Gasteiger partial charge is 0.239 e. The lowest BCUT2D eigenvalue weighted by Gasteiger charge is -2.39. The summed E-state index contributed by atoms with van der Waals surface area (Å²) < 4.78 is 0. The summed E-state index contributed by atoms with van der Waals surface area (Å²) in [6.45, 7) is 10.1. The molecule has 0 bridgehead atoms. The van der Waals surface area contributed by atoms with Gasteiger partial charge in [0, 0.05) is 39.3 Å². The number of hydrogen-bond donors (Lipinski definition) is 3. The lowest BCUT2D eigenvalue weighted by molar-refractivity contribution is -0.132. The van der Waals surface area contributed by atoms with Gasteiger partial charge in [0.2, 0.25) is 5.91 Å². The first kappa shape index (κ1) is 14.4. The summed E-state index contributed by atoms with van der Waals surface area (Å²) in [6.07, 6.45) is 0. The Kier molecular flexibility index (Phi) is 5.36. The van der Waals surface area contributed by atoms with Crippen LogP contribution in [0.1, 0.15) is 20.8 Å². The van der Waals surface area contributed by atoms with Gasteiger partial charge in [0.05, 0.1) is 5.54 Å². The molecular formula is C12H25N3O2. The number of amides is 1. The first-order valence-corrected chi connectivity index (χ1v) is 6.33. The predicted molar refractivity (Wildman–Crippen MR) is 67.8 cm³/mol. The van der Waals surface area contributed by atoms with Crippen LogP contribution in [0.25, 0.3) is 0 Å². The van der Waals surface area contributed by atoms with Crippen LogP contribution in [0.4, 0.5) is 0 Å². The topological polar surface area (TPSA) is 64.6 Å². The Morgan fingerprint density at radius 1 is 1.47 bits per heavy atom. The molecule has 3 N–H and O–H groups in total. The first-order valence-electron chi connectivity index (χ1n) is 6.33. The lowest BCUT2D eigenvalue weighted by atomic mass is 10.00. The molecule has 1 aliphatic rings. The number of carbonyl (C=O) groups is 1. The van der Waals surface area contributed by atoms with Crippen molar-refractivity contribution in [2.75, 3.05) is 39.3 Å². The zero-order chi connectivity index (χ0) is 12.9. The van der Waals surface area contributed by atoms with Crippen LogP contribution < -0.4 is 10.6 Å². The second-order valence-electron chi connectivity index (χ2n) is 5.29. The zero-order valence-electron chi connectivity index (χ0n) is 11.1. The van der Waals surface area contributed by atoms with Crippen molar-refractivity contribution in [2.45, 2.75) is 26.3 Å². The minimum Gasteiger partial charge on any atom is -0.396 e. The summed E-state index contributed by atoms with van der Waals surface area (Å²) in [5, 5.41) is 15.1. The minimum atomic E-state index is -0.475. The molecule has 0 radical (unpaired) electrons. The number of aliphatic hydroxyl groups excluding tert-OH is 1. The number of carbonyl (C=O) groups excluding carboxylic acids is 1. The molecule has 1 unspecified atom stereocenters. The number of nitrogens with zero attached hydrogens (tertiary/aromatic N) is 1. The molecule has 0 aromatic heterocycles. The molecule has 1 fully saturated rings. The summed E-state index contributed by atoms with van der Waals surface area (Å²) in [4.78, 5) is 14.3. The van der Waals surface area contributed by atoms with Crippen molar-refractivity contribution in [3.05, 3.63) is 0 Å². The summed E-state index contributed by atoms with van der Waals surface area (Å²) in [7, 11) is 0. The van der Waals surface area contributed by atoms with Gasteiger partial charge in [-0.2, -0.15) is 0 Å².